The van der Waals surface area contributed by atoms with E-state index in [-0.39, 0.29) is 16.6 Å². The van der Waals surface area contributed by atoms with Crippen LogP contribution in [0.1, 0.15) is 46.5 Å². The Morgan fingerprint density at radius 1 is 1.12 bits per heavy atom. The predicted octanol–water partition coefficient (Wildman–Crippen LogP) is 3.52. The van der Waals surface area contributed by atoms with Crippen molar-refractivity contribution in [2.45, 2.75) is 52.2 Å². The molecule has 2 heteroatoms. The fraction of sp³-hybridized carbons (Fsp3) is 0.867. The van der Waals surface area contributed by atoms with Gasteiger partial charge in [0, 0.05) is 11.8 Å². The smallest absolute Gasteiger partial charge is 0.174 e. The second kappa shape index (κ2) is 3.58. The average molecular weight is 236 g/mol. The molecule has 17 heavy (non-hydrogen) atoms. The zero-order valence-corrected chi connectivity index (χ0v) is 11.3. The first-order chi connectivity index (χ1) is 8.00. The molecule has 0 aromatic heterocycles. The number of rotatable bonds is 0. The highest BCUT2D eigenvalue weighted by molar-refractivity contribution is 5.16. The number of ether oxygens (including phenoxy) is 2. The first-order valence-electron chi connectivity index (χ1n) is 6.96. The van der Waals surface area contributed by atoms with Crippen LogP contribution < -0.4 is 0 Å². The van der Waals surface area contributed by atoms with Crippen molar-refractivity contribution in [1.82, 2.24) is 0 Å². The molecule has 3 rings (SSSR count). The minimum Gasteiger partial charge on any atom is -0.347 e. The van der Waals surface area contributed by atoms with Gasteiger partial charge in [0.05, 0.1) is 13.2 Å². The summed E-state index contributed by atoms with van der Waals surface area (Å²) in [5.74, 6) is 0.379. The fourth-order valence-electron chi connectivity index (χ4n) is 4.55. The van der Waals surface area contributed by atoms with Crippen LogP contribution in [0.3, 0.4) is 0 Å². The second-order valence-corrected chi connectivity index (χ2v) is 6.74. The molecule has 96 valence electrons. The third-order valence-corrected chi connectivity index (χ3v) is 5.38. The minimum absolute atomic E-state index is 0.153. The molecule has 3 aliphatic rings. The minimum atomic E-state index is -0.294. The lowest BCUT2D eigenvalue weighted by molar-refractivity contribution is -0.278. The van der Waals surface area contributed by atoms with Crippen LogP contribution in [0.2, 0.25) is 0 Å². The van der Waals surface area contributed by atoms with Gasteiger partial charge in [0.15, 0.2) is 5.79 Å². The van der Waals surface area contributed by atoms with Gasteiger partial charge in [-0.3, -0.25) is 0 Å². The first-order valence-corrected chi connectivity index (χ1v) is 6.96. The van der Waals surface area contributed by atoms with Gasteiger partial charge < -0.3 is 9.47 Å². The van der Waals surface area contributed by atoms with Crippen molar-refractivity contribution < 1.29 is 9.47 Å². The standard InChI is InChI=1S/C15H24O2/c1-13(2)7-5-8-14(3)12(13)6-4-9-15(14)16-10-11-17-15/h5,7,12H,4,6,8-11H2,1-3H3/t12-,14+/m0/s1. The summed E-state index contributed by atoms with van der Waals surface area (Å²) in [7, 11) is 0. The van der Waals surface area contributed by atoms with E-state index in [0.29, 0.717) is 5.92 Å². The lowest BCUT2D eigenvalue weighted by Crippen LogP contribution is -2.58. The van der Waals surface area contributed by atoms with Crippen LogP contribution in [0.5, 0.6) is 0 Å². The van der Waals surface area contributed by atoms with Crippen LogP contribution in [0.15, 0.2) is 12.2 Å². The van der Waals surface area contributed by atoms with Crippen molar-refractivity contribution in [3.63, 3.8) is 0 Å². The van der Waals surface area contributed by atoms with Gasteiger partial charge in [-0.05, 0) is 30.6 Å². The molecule has 0 aromatic rings. The average Bonchev–Trinajstić information content (AvgIpc) is 2.71. The topological polar surface area (TPSA) is 18.5 Å². The molecular weight excluding hydrogens is 212 g/mol. The van der Waals surface area contributed by atoms with Crippen LogP contribution in [0, 0.1) is 16.7 Å². The Bertz CT molecular complexity index is 339. The maximum atomic E-state index is 6.09. The number of allylic oxidation sites excluding steroid dienone is 2. The van der Waals surface area contributed by atoms with Crippen LogP contribution in [0.25, 0.3) is 0 Å². The van der Waals surface area contributed by atoms with E-state index in [0.717, 1.165) is 26.1 Å². The summed E-state index contributed by atoms with van der Waals surface area (Å²) >= 11 is 0. The van der Waals surface area contributed by atoms with Crippen molar-refractivity contribution >= 4 is 0 Å². The summed E-state index contributed by atoms with van der Waals surface area (Å²) in [5, 5.41) is 0. The van der Waals surface area contributed by atoms with Gasteiger partial charge in [-0.1, -0.05) is 32.9 Å². The molecule has 1 heterocycles. The molecule has 0 unspecified atom stereocenters. The van der Waals surface area contributed by atoms with Gasteiger partial charge in [-0.15, -0.1) is 0 Å². The van der Waals surface area contributed by atoms with Crippen molar-refractivity contribution in [3.8, 4) is 0 Å². The molecule has 0 radical (unpaired) electrons. The maximum Gasteiger partial charge on any atom is 0.174 e. The quantitative estimate of drug-likeness (QED) is 0.599. The summed E-state index contributed by atoms with van der Waals surface area (Å²) in [4.78, 5) is 0. The Morgan fingerprint density at radius 2 is 1.82 bits per heavy atom. The molecule has 2 fully saturated rings. The zero-order valence-electron chi connectivity index (χ0n) is 11.3. The van der Waals surface area contributed by atoms with E-state index in [2.05, 4.69) is 32.9 Å². The van der Waals surface area contributed by atoms with Crippen LogP contribution in [-0.4, -0.2) is 19.0 Å². The Balaban J connectivity index is 2.03. The van der Waals surface area contributed by atoms with Crippen LogP contribution in [-0.2, 0) is 9.47 Å². The van der Waals surface area contributed by atoms with E-state index in [1.807, 2.05) is 0 Å². The first kappa shape index (κ1) is 11.7. The molecule has 1 spiro atoms. The Labute approximate surface area is 104 Å². The van der Waals surface area contributed by atoms with E-state index in [1.54, 1.807) is 0 Å². The number of hydrogen-bond donors (Lipinski definition) is 0. The lowest BCUT2D eigenvalue weighted by Gasteiger charge is -2.58. The number of fused-ring (bicyclic) bond motifs is 2. The highest BCUT2D eigenvalue weighted by atomic mass is 16.7. The Kier molecular flexibility index (Phi) is 2.47. The van der Waals surface area contributed by atoms with E-state index < -0.39 is 0 Å². The van der Waals surface area contributed by atoms with Gasteiger partial charge in [0.25, 0.3) is 0 Å². The molecule has 0 aromatic carbocycles. The van der Waals surface area contributed by atoms with E-state index in [1.165, 1.54) is 12.8 Å². The Morgan fingerprint density at radius 3 is 2.53 bits per heavy atom. The maximum absolute atomic E-state index is 6.09. The van der Waals surface area contributed by atoms with Gasteiger partial charge in [0.1, 0.15) is 0 Å². The normalized spacial score (nSPS) is 42.6. The highest BCUT2D eigenvalue weighted by Crippen LogP contribution is 2.61. The van der Waals surface area contributed by atoms with E-state index >= 15 is 0 Å². The van der Waals surface area contributed by atoms with Crippen molar-refractivity contribution in [2.24, 2.45) is 16.7 Å². The molecule has 0 bridgehead atoms. The molecule has 0 amide bonds. The summed E-state index contributed by atoms with van der Waals surface area (Å²) in [5.41, 5.74) is 0.426. The molecule has 2 atom stereocenters. The van der Waals surface area contributed by atoms with Crippen molar-refractivity contribution in [3.05, 3.63) is 12.2 Å². The fourth-order valence-corrected chi connectivity index (χ4v) is 4.55. The third kappa shape index (κ3) is 1.47. The Hall–Kier alpha value is -0.340. The molecular formula is C15H24O2. The number of hydrogen-bond acceptors (Lipinski definition) is 2. The van der Waals surface area contributed by atoms with Crippen LogP contribution in [0.4, 0.5) is 0 Å². The van der Waals surface area contributed by atoms with Crippen molar-refractivity contribution in [2.75, 3.05) is 13.2 Å². The molecule has 1 aliphatic heterocycles. The third-order valence-electron chi connectivity index (χ3n) is 5.38. The monoisotopic (exact) mass is 236 g/mol. The van der Waals surface area contributed by atoms with E-state index in [4.69, 9.17) is 9.47 Å². The van der Waals surface area contributed by atoms with Gasteiger partial charge in [-0.2, -0.15) is 0 Å². The largest absolute Gasteiger partial charge is 0.347 e. The highest BCUT2D eigenvalue weighted by Gasteiger charge is 2.61. The molecule has 0 N–H and O–H groups in total. The summed E-state index contributed by atoms with van der Waals surface area (Å²) < 4.78 is 12.2. The van der Waals surface area contributed by atoms with Gasteiger partial charge >= 0.3 is 0 Å². The molecule has 2 nitrogen and oxygen atoms in total. The van der Waals surface area contributed by atoms with Crippen molar-refractivity contribution in [1.29, 1.82) is 0 Å². The zero-order chi connectivity index (χ0) is 12.1. The molecule has 2 aliphatic carbocycles. The molecule has 1 saturated heterocycles. The second-order valence-electron chi connectivity index (χ2n) is 6.74. The summed E-state index contributed by atoms with van der Waals surface area (Å²) in [6, 6.07) is 0. The molecule has 1 saturated carbocycles. The van der Waals surface area contributed by atoms with Crippen LogP contribution >= 0.6 is 0 Å². The van der Waals surface area contributed by atoms with E-state index in [9.17, 15) is 0 Å². The summed E-state index contributed by atoms with van der Waals surface area (Å²) in [6.07, 6.45) is 9.45. The summed E-state index contributed by atoms with van der Waals surface area (Å²) in [6.45, 7) is 8.64. The van der Waals surface area contributed by atoms with Gasteiger partial charge in [0.2, 0.25) is 0 Å². The SMILES string of the molecule is CC1(C)C=CC[C@]2(C)[C@H]1CCCC21OCCO1. The predicted molar refractivity (Wildman–Crippen MR) is 67.6 cm³/mol. The lowest BCUT2D eigenvalue weighted by atomic mass is 9.51. The van der Waals surface area contributed by atoms with Gasteiger partial charge in [-0.25, -0.2) is 0 Å².